The van der Waals surface area contributed by atoms with Crippen LogP contribution in [0.25, 0.3) is 0 Å². The van der Waals surface area contributed by atoms with Gasteiger partial charge in [-0.05, 0) is 66.0 Å². The molecule has 2 aliphatic heterocycles. The second-order valence-corrected chi connectivity index (χ2v) is 7.85. The molecule has 1 amide bonds. The number of guanidine groups is 1. The Morgan fingerprint density at radius 3 is 2.16 bits per heavy atom. The minimum Gasteiger partial charge on any atom is -0.357 e. The van der Waals surface area contributed by atoms with E-state index in [1.54, 1.807) is 0 Å². The summed E-state index contributed by atoms with van der Waals surface area (Å²) in [5, 5.41) is 6.71. The molecule has 0 saturated carbocycles. The number of hydrogen-bond acceptors (Lipinski definition) is 3. The number of amides is 1. The largest absolute Gasteiger partial charge is 0.357 e. The molecule has 0 aromatic rings. The second kappa shape index (κ2) is 10.00. The van der Waals surface area contributed by atoms with Gasteiger partial charge in [0.2, 0.25) is 5.91 Å². The molecule has 25 heavy (non-hydrogen) atoms. The summed E-state index contributed by atoms with van der Waals surface area (Å²) in [5.41, 5.74) is 0.0908. The van der Waals surface area contributed by atoms with Crippen LogP contribution in [0.1, 0.15) is 59.3 Å². The van der Waals surface area contributed by atoms with Gasteiger partial charge in [0.25, 0.3) is 0 Å². The van der Waals surface area contributed by atoms with Crippen molar-refractivity contribution >= 4 is 11.9 Å². The number of hydrogen-bond donors (Lipinski definition) is 2. The molecule has 0 aromatic heterocycles. The lowest BCUT2D eigenvalue weighted by Crippen LogP contribution is -2.55. The van der Waals surface area contributed by atoms with Crippen molar-refractivity contribution in [1.29, 1.82) is 0 Å². The Labute approximate surface area is 153 Å². The molecule has 0 bridgehead atoms. The predicted octanol–water partition coefficient (Wildman–Crippen LogP) is 1.82. The summed E-state index contributed by atoms with van der Waals surface area (Å²) in [6.07, 6.45) is 7.42. The molecule has 0 aliphatic carbocycles. The third-order valence-electron chi connectivity index (χ3n) is 5.33. The third kappa shape index (κ3) is 6.49. The van der Waals surface area contributed by atoms with Crippen LogP contribution in [-0.2, 0) is 4.79 Å². The van der Waals surface area contributed by atoms with Gasteiger partial charge in [0, 0.05) is 31.7 Å². The van der Waals surface area contributed by atoms with Crippen molar-refractivity contribution in [3.63, 3.8) is 0 Å². The minimum atomic E-state index is 0.0908. The zero-order valence-electron chi connectivity index (χ0n) is 16.4. The van der Waals surface area contributed by atoms with Crippen LogP contribution < -0.4 is 10.6 Å². The van der Waals surface area contributed by atoms with Crippen molar-refractivity contribution < 1.29 is 4.79 Å². The lowest BCUT2D eigenvalue weighted by atomic mass is 9.98. The van der Waals surface area contributed by atoms with Gasteiger partial charge in [-0.15, -0.1) is 0 Å². The van der Waals surface area contributed by atoms with E-state index in [-0.39, 0.29) is 18.0 Å². The molecule has 6 heteroatoms. The summed E-state index contributed by atoms with van der Waals surface area (Å²) in [6.45, 7) is 12.6. The molecular weight excluding hydrogens is 314 g/mol. The fourth-order valence-corrected chi connectivity index (χ4v) is 3.64. The molecule has 2 fully saturated rings. The molecule has 2 heterocycles. The van der Waals surface area contributed by atoms with E-state index in [0.717, 1.165) is 45.0 Å². The van der Waals surface area contributed by atoms with Crippen LogP contribution in [0.4, 0.5) is 0 Å². The number of carbonyl (C=O) groups excluding carboxylic acids is 1. The first-order valence-corrected chi connectivity index (χ1v) is 10.1. The highest BCUT2D eigenvalue weighted by atomic mass is 16.2. The second-order valence-electron chi connectivity index (χ2n) is 7.85. The number of rotatable bonds is 6. The third-order valence-corrected chi connectivity index (χ3v) is 5.33. The molecular formula is C19H37N5O. The smallest absolute Gasteiger partial charge is 0.244 e. The van der Waals surface area contributed by atoms with Gasteiger partial charge in [0.1, 0.15) is 6.54 Å². The Balaban J connectivity index is 1.84. The van der Waals surface area contributed by atoms with Crippen LogP contribution in [0.15, 0.2) is 4.99 Å². The molecule has 0 unspecified atom stereocenters. The lowest BCUT2D eigenvalue weighted by Gasteiger charge is -2.41. The molecule has 2 rings (SSSR count). The lowest BCUT2D eigenvalue weighted by molar-refractivity contribution is -0.130. The van der Waals surface area contributed by atoms with Gasteiger partial charge in [-0.3, -0.25) is 9.69 Å². The van der Waals surface area contributed by atoms with Gasteiger partial charge in [-0.25, -0.2) is 4.99 Å². The van der Waals surface area contributed by atoms with Crippen molar-refractivity contribution in [2.45, 2.75) is 64.8 Å². The maximum atomic E-state index is 12.3. The van der Waals surface area contributed by atoms with E-state index in [1.165, 1.54) is 38.8 Å². The first-order valence-electron chi connectivity index (χ1n) is 10.1. The number of aliphatic imine (C=N–C) groups is 1. The van der Waals surface area contributed by atoms with E-state index in [0.29, 0.717) is 0 Å². The fourth-order valence-electron chi connectivity index (χ4n) is 3.64. The summed E-state index contributed by atoms with van der Waals surface area (Å²) in [5.74, 6) is 0.894. The maximum absolute atomic E-state index is 12.3. The summed E-state index contributed by atoms with van der Waals surface area (Å²) in [6, 6.07) is 0. The molecule has 2 aliphatic rings. The van der Waals surface area contributed by atoms with Crippen LogP contribution in [0.5, 0.6) is 0 Å². The average molecular weight is 352 g/mol. The van der Waals surface area contributed by atoms with E-state index in [1.807, 2.05) is 4.90 Å². The van der Waals surface area contributed by atoms with E-state index >= 15 is 0 Å². The topological polar surface area (TPSA) is 60.0 Å². The van der Waals surface area contributed by atoms with Gasteiger partial charge in [0.15, 0.2) is 5.96 Å². The molecule has 2 saturated heterocycles. The van der Waals surface area contributed by atoms with Crippen molar-refractivity contribution in [2.75, 3.05) is 45.8 Å². The van der Waals surface area contributed by atoms with Crippen molar-refractivity contribution in [1.82, 2.24) is 20.4 Å². The Hall–Kier alpha value is -1.30. The summed E-state index contributed by atoms with van der Waals surface area (Å²) in [4.78, 5) is 21.3. The van der Waals surface area contributed by atoms with Crippen molar-refractivity contribution in [2.24, 2.45) is 4.99 Å². The number of nitrogens with one attached hydrogen (secondary N) is 2. The van der Waals surface area contributed by atoms with Crippen molar-refractivity contribution in [3.05, 3.63) is 0 Å². The SMILES string of the molecule is CCNC(=NCC(=O)N1CCCCC1)NCC(C)(C)N1CCCCC1. The fraction of sp³-hybridized carbons (Fsp3) is 0.895. The van der Waals surface area contributed by atoms with Gasteiger partial charge in [-0.2, -0.15) is 0 Å². The standard InChI is InChI=1S/C19H37N5O/c1-4-20-18(21-15-17(25)23-11-7-5-8-12-23)22-16-19(2,3)24-13-9-6-10-14-24/h4-16H2,1-3H3,(H2,20,21,22). The Morgan fingerprint density at radius 2 is 1.56 bits per heavy atom. The normalized spacial score (nSPS) is 20.4. The summed E-state index contributed by atoms with van der Waals surface area (Å²) in [7, 11) is 0. The molecule has 0 atom stereocenters. The molecule has 0 spiro atoms. The first-order chi connectivity index (χ1) is 12.0. The quantitative estimate of drug-likeness (QED) is 0.566. The first kappa shape index (κ1) is 20.0. The number of nitrogens with zero attached hydrogens (tertiary/aromatic N) is 3. The average Bonchev–Trinajstić information content (AvgIpc) is 2.65. The van der Waals surface area contributed by atoms with E-state index in [2.05, 4.69) is 41.3 Å². The van der Waals surface area contributed by atoms with Crippen LogP contribution in [0, 0.1) is 0 Å². The number of piperidine rings is 2. The number of carbonyl (C=O) groups is 1. The molecule has 0 radical (unpaired) electrons. The summed E-state index contributed by atoms with van der Waals surface area (Å²) >= 11 is 0. The van der Waals surface area contributed by atoms with Gasteiger partial charge >= 0.3 is 0 Å². The highest BCUT2D eigenvalue weighted by Crippen LogP contribution is 2.19. The summed E-state index contributed by atoms with van der Waals surface area (Å²) < 4.78 is 0. The monoisotopic (exact) mass is 351 g/mol. The van der Waals surface area contributed by atoms with E-state index in [9.17, 15) is 4.79 Å². The highest BCUT2D eigenvalue weighted by molar-refractivity contribution is 5.85. The molecule has 6 nitrogen and oxygen atoms in total. The highest BCUT2D eigenvalue weighted by Gasteiger charge is 2.28. The molecule has 2 N–H and O–H groups in total. The van der Waals surface area contributed by atoms with Crippen LogP contribution in [0.2, 0.25) is 0 Å². The van der Waals surface area contributed by atoms with Gasteiger partial charge in [-0.1, -0.05) is 6.42 Å². The Morgan fingerprint density at radius 1 is 0.960 bits per heavy atom. The van der Waals surface area contributed by atoms with Crippen LogP contribution in [0.3, 0.4) is 0 Å². The van der Waals surface area contributed by atoms with Crippen LogP contribution >= 0.6 is 0 Å². The Kier molecular flexibility index (Phi) is 8.00. The maximum Gasteiger partial charge on any atom is 0.244 e. The molecule has 144 valence electrons. The van der Waals surface area contributed by atoms with Crippen LogP contribution in [-0.4, -0.2) is 73.0 Å². The zero-order valence-corrected chi connectivity index (χ0v) is 16.4. The minimum absolute atomic E-state index is 0.0908. The molecule has 0 aromatic carbocycles. The number of likely N-dealkylation sites (tertiary alicyclic amines) is 2. The van der Waals surface area contributed by atoms with Gasteiger partial charge < -0.3 is 15.5 Å². The zero-order chi connectivity index (χ0) is 18.1. The van der Waals surface area contributed by atoms with E-state index < -0.39 is 0 Å². The predicted molar refractivity (Wildman–Crippen MR) is 104 cm³/mol. The van der Waals surface area contributed by atoms with Gasteiger partial charge in [0.05, 0.1) is 0 Å². The van der Waals surface area contributed by atoms with E-state index in [4.69, 9.17) is 0 Å². The Bertz CT molecular complexity index is 437. The van der Waals surface area contributed by atoms with Crippen molar-refractivity contribution in [3.8, 4) is 0 Å².